The van der Waals surface area contributed by atoms with E-state index in [1.165, 1.54) is 0 Å². The molecule has 0 heterocycles. The molecule has 0 bridgehead atoms. The van der Waals surface area contributed by atoms with E-state index < -0.39 is 0 Å². The van der Waals surface area contributed by atoms with Crippen LogP contribution in [0.25, 0.3) is 0 Å². The summed E-state index contributed by atoms with van der Waals surface area (Å²) in [6, 6.07) is 5.58. The Labute approximate surface area is 95.8 Å². The molecule has 16 heavy (non-hydrogen) atoms. The summed E-state index contributed by atoms with van der Waals surface area (Å²) in [6.07, 6.45) is 1.19. The molecule has 1 amide bonds. The van der Waals surface area contributed by atoms with Crippen LogP contribution in [0.1, 0.15) is 18.4 Å². The molecule has 4 heteroatoms. The third-order valence-electron chi connectivity index (χ3n) is 2.41. The molecule has 0 radical (unpaired) electrons. The Bertz CT molecular complexity index is 364. The highest BCUT2D eigenvalue weighted by Crippen LogP contribution is 2.22. The number of carbonyl (C=O) groups is 1. The molecule has 4 nitrogen and oxygen atoms in total. The number of benzene rings is 1. The van der Waals surface area contributed by atoms with Gasteiger partial charge in [-0.3, -0.25) is 4.79 Å². The molecule has 0 saturated carbocycles. The van der Waals surface area contributed by atoms with E-state index in [1.54, 1.807) is 7.05 Å². The zero-order chi connectivity index (χ0) is 12.0. The second-order valence-corrected chi connectivity index (χ2v) is 3.60. The van der Waals surface area contributed by atoms with Crippen LogP contribution in [0.3, 0.4) is 0 Å². The number of nitrogens with one attached hydrogen (secondary N) is 1. The van der Waals surface area contributed by atoms with Crippen molar-refractivity contribution in [1.29, 1.82) is 0 Å². The highest BCUT2D eigenvalue weighted by Gasteiger charge is 2.02. The summed E-state index contributed by atoms with van der Waals surface area (Å²) in [5.74, 6) is 0.824. The van der Waals surface area contributed by atoms with Gasteiger partial charge in [-0.15, -0.1) is 0 Å². The Kier molecular flexibility index (Phi) is 4.64. The first kappa shape index (κ1) is 12.4. The third kappa shape index (κ3) is 3.46. The summed E-state index contributed by atoms with van der Waals surface area (Å²) in [5, 5.41) is 2.57. The van der Waals surface area contributed by atoms with Crippen molar-refractivity contribution in [3.8, 4) is 5.75 Å². The van der Waals surface area contributed by atoms with E-state index >= 15 is 0 Å². The maximum Gasteiger partial charge on any atom is 0.219 e. The molecular weight excluding hydrogens is 204 g/mol. The van der Waals surface area contributed by atoms with Crippen LogP contribution in [0.4, 0.5) is 5.69 Å². The maximum absolute atomic E-state index is 11.0. The van der Waals surface area contributed by atoms with Crippen molar-refractivity contribution in [3.63, 3.8) is 0 Å². The minimum Gasteiger partial charge on any atom is -0.493 e. The normalized spacial score (nSPS) is 9.88. The molecule has 1 aromatic rings. The number of anilines is 1. The highest BCUT2D eigenvalue weighted by atomic mass is 16.5. The largest absolute Gasteiger partial charge is 0.493 e. The van der Waals surface area contributed by atoms with Crippen LogP contribution >= 0.6 is 0 Å². The van der Waals surface area contributed by atoms with Gasteiger partial charge in [-0.2, -0.15) is 0 Å². The van der Waals surface area contributed by atoms with Crippen molar-refractivity contribution in [1.82, 2.24) is 5.32 Å². The van der Waals surface area contributed by atoms with E-state index in [-0.39, 0.29) is 5.91 Å². The Morgan fingerprint density at radius 2 is 2.25 bits per heavy atom. The van der Waals surface area contributed by atoms with E-state index in [9.17, 15) is 4.79 Å². The minimum absolute atomic E-state index is 0.0351. The first-order valence-electron chi connectivity index (χ1n) is 5.33. The number of ether oxygens (including phenoxy) is 1. The fraction of sp³-hybridized carbons (Fsp3) is 0.417. The smallest absolute Gasteiger partial charge is 0.219 e. The van der Waals surface area contributed by atoms with Gasteiger partial charge in [-0.1, -0.05) is 6.07 Å². The summed E-state index contributed by atoms with van der Waals surface area (Å²) in [6.45, 7) is 2.45. The average Bonchev–Trinajstić information content (AvgIpc) is 2.29. The lowest BCUT2D eigenvalue weighted by Crippen LogP contribution is -2.18. The first-order valence-corrected chi connectivity index (χ1v) is 5.33. The molecule has 0 spiro atoms. The highest BCUT2D eigenvalue weighted by molar-refractivity contribution is 5.75. The number of nitrogens with two attached hydrogens (primary N) is 1. The van der Waals surface area contributed by atoms with Crippen molar-refractivity contribution in [2.75, 3.05) is 19.4 Å². The van der Waals surface area contributed by atoms with Gasteiger partial charge in [0.25, 0.3) is 0 Å². The summed E-state index contributed by atoms with van der Waals surface area (Å²) in [4.78, 5) is 11.0. The Hall–Kier alpha value is -1.71. The Balaban J connectivity index is 2.38. The molecule has 0 aliphatic heterocycles. The summed E-state index contributed by atoms with van der Waals surface area (Å²) >= 11 is 0. The van der Waals surface area contributed by atoms with Crippen LogP contribution in [0.5, 0.6) is 5.75 Å². The first-order chi connectivity index (χ1) is 7.65. The molecule has 1 rings (SSSR count). The Morgan fingerprint density at radius 1 is 1.50 bits per heavy atom. The number of rotatable bonds is 5. The van der Waals surface area contributed by atoms with Gasteiger partial charge in [0.1, 0.15) is 5.75 Å². The number of carbonyl (C=O) groups excluding carboxylic acids is 1. The zero-order valence-electron chi connectivity index (χ0n) is 9.75. The van der Waals surface area contributed by atoms with Crippen molar-refractivity contribution < 1.29 is 9.53 Å². The van der Waals surface area contributed by atoms with Crippen molar-refractivity contribution in [3.05, 3.63) is 23.8 Å². The molecule has 0 saturated heterocycles. The van der Waals surface area contributed by atoms with Crippen molar-refractivity contribution in [2.24, 2.45) is 0 Å². The second kappa shape index (κ2) is 6.00. The van der Waals surface area contributed by atoms with Crippen LogP contribution < -0.4 is 15.8 Å². The molecular formula is C12H18N2O2. The van der Waals surface area contributed by atoms with Gasteiger partial charge in [-0.05, 0) is 25.5 Å². The van der Waals surface area contributed by atoms with Crippen LogP contribution in [-0.4, -0.2) is 19.6 Å². The summed E-state index contributed by atoms with van der Waals surface area (Å²) in [5.41, 5.74) is 7.42. The van der Waals surface area contributed by atoms with Gasteiger partial charge in [-0.25, -0.2) is 0 Å². The zero-order valence-corrected chi connectivity index (χ0v) is 9.75. The van der Waals surface area contributed by atoms with Gasteiger partial charge >= 0.3 is 0 Å². The standard InChI is InChI=1S/C12H18N2O2/c1-9-10(13)5-3-6-11(9)16-8-4-7-12(15)14-2/h3,5-6H,4,7-8,13H2,1-2H3,(H,14,15). The average molecular weight is 222 g/mol. The fourth-order valence-corrected chi connectivity index (χ4v) is 1.33. The number of hydrogen-bond acceptors (Lipinski definition) is 3. The molecule has 0 aliphatic carbocycles. The predicted molar refractivity (Wildman–Crippen MR) is 64.4 cm³/mol. The van der Waals surface area contributed by atoms with Crippen LogP contribution in [-0.2, 0) is 4.79 Å². The van der Waals surface area contributed by atoms with Gasteiger partial charge in [0.15, 0.2) is 0 Å². The third-order valence-corrected chi connectivity index (χ3v) is 2.41. The quantitative estimate of drug-likeness (QED) is 0.586. The lowest BCUT2D eigenvalue weighted by Gasteiger charge is -2.10. The molecule has 0 fully saturated rings. The van der Waals surface area contributed by atoms with Crippen molar-refractivity contribution >= 4 is 11.6 Å². The van der Waals surface area contributed by atoms with Crippen LogP contribution in [0.2, 0.25) is 0 Å². The van der Waals surface area contributed by atoms with E-state index in [1.807, 2.05) is 25.1 Å². The van der Waals surface area contributed by atoms with Gasteiger partial charge in [0.05, 0.1) is 6.61 Å². The molecule has 1 aromatic carbocycles. The van der Waals surface area contributed by atoms with Crippen LogP contribution in [0, 0.1) is 6.92 Å². The van der Waals surface area contributed by atoms with Gasteiger partial charge in [0, 0.05) is 24.7 Å². The fourth-order valence-electron chi connectivity index (χ4n) is 1.33. The van der Waals surface area contributed by atoms with Gasteiger partial charge < -0.3 is 15.8 Å². The SMILES string of the molecule is CNC(=O)CCCOc1cccc(N)c1C. The molecule has 0 aromatic heterocycles. The maximum atomic E-state index is 11.0. The van der Waals surface area contributed by atoms with Crippen LogP contribution in [0.15, 0.2) is 18.2 Å². The van der Waals surface area contributed by atoms with E-state index in [4.69, 9.17) is 10.5 Å². The molecule has 3 N–H and O–H groups in total. The molecule has 88 valence electrons. The molecule has 0 atom stereocenters. The lowest BCUT2D eigenvalue weighted by atomic mass is 10.2. The molecule has 0 aliphatic rings. The summed E-state index contributed by atoms with van der Waals surface area (Å²) in [7, 11) is 1.63. The van der Waals surface area contributed by atoms with E-state index in [0.29, 0.717) is 19.4 Å². The predicted octanol–water partition coefficient (Wildman–Crippen LogP) is 1.48. The lowest BCUT2D eigenvalue weighted by molar-refractivity contribution is -0.120. The number of nitrogen functional groups attached to an aromatic ring is 1. The minimum atomic E-state index is 0.0351. The number of amides is 1. The second-order valence-electron chi connectivity index (χ2n) is 3.60. The molecule has 0 unspecified atom stereocenters. The topological polar surface area (TPSA) is 64.3 Å². The number of hydrogen-bond donors (Lipinski definition) is 2. The van der Waals surface area contributed by atoms with E-state index in [2.05, 4.69) is 5.32 Å². The van der Waals surface area contributed by atoms with Crippen molar-refractivity contribution in [2.45, 2.75) is 19.8 Å². The monoisotopic (exact) mass is 222 g/mol. The van der Waals surface area contributed by atoms with Gasteiger partial charge in [0.2, 0.25) is 5.91 Å². The Morgan fingerprint density at radius 3 is 2.94 bits per heavy atom. The van der Waals surface area contributed by atoms with E-state index in [0.717, 1.165) is 17.0 Å². The summed E-state index contributed by atoms with van der Waals surface area (Å²) < 4.78 is 5.55.